The zero-order chi connectivity index (χ0) is 12.3. The molecule has 2 heterocycles. The van der Waals surface area contributed by atoms with Crippen molar-refractivity contribution in [3.63, 3.8) is 0 Å². The van der Waals surface area contributed by atoms with Crippen LogP contribution in [0, 0.1) is 13.8 Å². The number of aliphatic hydroxyl groups is 1. The monoisotopic (exact) mass is 239 g/mol. The van der Waals surface area contributed by atoms with E-state index in [9.17, 15) is 0 Å². The van der Waals surface area contributed by atoms with Gasteiger partial charge >= 0.3 is 0 Å². The summed E-state index contributed by atoms with van der Waals surface area (Å²) in [6.45, 7) is 6.37. The predicted octanol–water partition coefficient (Wildman–Crippen LogP) is 1.08. The van der Waals surface area contributed by atoms with Crippen LogP contribution in [0.4, 0.5) is 5.82 Å². The van der Waals surface area contributed by atoms with Crippen LogP contribution in [-0.4, -0.2) is 40.7 Å². The van der Waals surface area contributed by atoms with Gasteiger partial charge in [0.15, 0.2) is 0 Å². The molecular weight excluding hydrogens is 218 g/mol. The van der Waals surface area contributed by atoms with Gasteiger partial charge in [-0.2, -0.15) is 5.10 Å². The van der Waals surface area contributed by atoms with Crippen molar-refractivity contribution < 1.29 is 9.84 Å². The standard InChI is InChI=1S/C12H21N3O2/c1-9-10(2)14-15(5-6-16)12(9)13-11-3-7-17-8-4-11/h11,13,16H,3-8H2,1-2H3. The van der Waals surface area contributed by atoms with Crippen LogP contribution in [0.5, 0.6) is 0 Å². The minimum atomic E-state index is 0.114. The van der Waals surface area contributed by atoms with Crippen LogP contribution < -0.4 is 5.32 Å². The summed E-state index contributed by atoms with van der Waals surface area (Å²) in [5, 5.41) is 17.0. The summed E-state index contributed by atoms with van der Waals surface area (Å²) in [6, 6.07) is 0.455. The topological polar surface area (TPSA) is 59.3 Å². The van der Waals surface area contributed by atoms with Gasteiger partial charge in [-0.05, 0) is 26.7 Å². The lowest BCUT2D eigenvalue weighted by atomic mass is 10.1. The Balaban J connectivity index is 2.12. The maximum Gasteiger partial charge on any atom is 0.127 e. The summed E-state index contributed by atoms with van der Waals surface area (Å²) in [5.41, 5.74) is 2.19. The van der Waals surface area contributed by atoms with Crippen LogP contribution in [0.3, 0.4) is 0 Å². The summed E-state index contributed by atoms with van der Waals surface area (Å²) in [4.78, 5) is 0. The Morgan fingerprint density at radius 2 is 2.12 bits per heavy atom. The summed E-state index contributed by atoms with van der Waals surface area (Å²) in [6.07, 6.45) is 2.06. The first kappa shape index (κ1) is 12.4. The molecule has 0 spiro atoms. The first-order chi connectivity index (χ1) is 8.22. The fourth-order valence-electron chi connectivity index (χ4n) is 2.15. The van der Waals surface area contributed by atoms with Crippen molar-refractivity contribution in [2.75, 3.05) is 25.1 Å². The summed E-state index contributed by atoms with van der Waals surface area (Å²) in [7, 11) is 0. The molecule has 96 valence electrons. The van der Waals surface area contributed by atoms with Crippen LogP contribution in [-0.2, 0) is 11.3 Å². The van der Waals surface area contributed by atoms with E-state index in [2.05, 4.69) is 17.3 Å². The van der Waals surface area contributed by atoms with Crippen LogP contribution in [0.1, 0.15) is 24.1 Å². The largest absolute Gasteiger partial charge is 0.394 e. The zero-order valence-electron chi connectivity index (χ0n) is 10.6. The van der Waals surface area contributed by atoms with Crippen molar-refractivity contribution in [3.05, 3.63) is 11.3 Å². The molecule has 1 aliphatic rings. The summed E-state index contributed by atoms with van der Waals surface area (Å²) in [5.74, 6) is 1.04. The molecule has 0 radical (unpaired) electrons. The number of nitrogens with one attached hydrogen (secondary N) is 1. The van der Waals surface area contributed by atoms with Crippen molar-refractivity contribution in [2.45, 2.75) is 39.3 Å². The molecule has 17 heavy (non-hydrogen) atoms. The Hall–Kier alpha value is -1.07. The molecule has 2 rings (SSSR count). The number of hydrogen-bond donors (Lipinski definition) is 2. The molecule has 0 amide bonds. The Morgan fingerprint density at radius 3 is 2.76 bits per heavy atom. The third-order valence-electron chi connectivity index (χ3n) is 3.30. The minimum Gasteiger partial charge on any atom is -0.394 e. The lowest BCUT2D eigenvalue weighted by Gasteiger charge is -2.24. The van der Waals surface area contributed by atoms with Gasteiger partial charge < -0.3 is 15.2 Å². The Bertz CT molecular complexity index is 370. The van der Waals surface area contributed by atoms with Gasteiger partial charge in [-0.3, -0.25) is 0 Å². The lowest BCUT2D eigenvalue weighted by molar-refractivity contribution is 0.0902. The van der Waals surface area contributed by atoms with E-state index >= 15 is 0 Å². The van der Waals surface area contributed by atoms with Gasteiger partial charge in [0.05, 0.1) is 18.8 Å². The molecule has 1 aromatic rings. The minimum absolute atomic E-state index is 0.114. The first-order valence-electron chi connectivity index (χ1n) is 6.21. The summed E-state index contributed by atoms with van der Waals surface area (Å²) < 4.78 is 7.21. The third kappa shape index (κ3) is 2.79. The van der Waals surface area contributed by atoms with E-state index in [-0.39, 0.29) is 6.61 Å². The zero-order valence-corrected chi connectivity index (χ0v) is 10.6. The number of aliphatic hydroxyl groups excluding tert-OH is 1. The van der Waals surface area contributed by atoms with Crippen molar-refractivity contribution in [2.24, 2.45) is 0 Å². The molecule has 0 aromatic carbocycles. The highest BCUT2D eigenvalue weighted by Crippen LogP contribution is 2.21. The number of hydrogen-bond acceptors (Lipinski definition) is 4. The SMILES string of the molecule is Cc1nn(CCO)c(NC2CCOCC2)c1C. The highest BCUT2D eigenvalue weighted by Gasteiger charge is 2.18. The maximum atomic E-state index is 9.04. The number of aryl methyl sites for hydroxylation is 1. The van der Waals surface area contributed by atoms with Gasteiger partial charge in [0, 0.05) is 24.8 Å². The highest BCUT2D eigenvalue weighted by molar-refractivity contribution is 5.47. The lowest BCUT2D eigenvalue weighted by Crippen LogP contribution is -2.29. The fourth-order valence-corrected chi connectivity index (χ4v) is 2.15. The van der Waals surface area contributed by atoms with Crippen LogP contribution >= 0.6 is 0 Å². The number of nitrogens with zero attached hydrogens (tertiary/aromatic N) is 2. The van der Waals surface area contributed by atoms with E-state index in [0.717, 1.165) is 37.6 Å². The van der Waals surface area contributed by atoms with Crippen molar-refractivity contribution in [1.29, 1.82) is 0 Å². The van der Waals surface area contributed by atoms with Crippen molar-refractivity contribution in [1.82, 2.24) is 9.78 Å². The average Bonchev–Trinajstić information content (AvgIpc) is 2.59. The smallest absolute Gasteiger partial charge is 0.127 e. The molecule has 5 heteroatoms. The second kappa shape index (κ2) is 5.51. The first-order valence-corrected chi connectivity index (χ1v) is 6.21. The molecule has 0 bridgehead atoms. The van der Waals surface area contributed by atoms with E-state index in [1.54, 1.807) is 0 Å². The molecule has 1 aromatic heterocycles. The number of ether oxygens (including phenoxy) is 1. The maximum absolute atomic E-state index is 9.04. The Kier molecular flexibility index (Phi) is 4.02. The number of anilines is 1. The molecule has 5 nitrogen and oxygen atoms in total. The van der Waals surface area contributed by atoms with E-state index in [0.29, 0.717) is 12.6 Å². The van der Waals surface area contributed by atoms with Crippen LogP contribution in [0.2, 0.25) is 0 Å². The predicted molar refractivity (Wildman–Crippen MR) is 66.3 cm³/mol. The molecule has 0 aliphatic carbocycles. The molecule has 1 fully saturated rings. The second-order valence-electron chi connectivity index (χ2n) is 4.54. The molecule has 0 atom stereocenters. The van der Waals surface area contributed by atoms with E-state index < -0.39 is 0 Å². The van der Waals surface area contributed by atoms with Crippen molar-refractivity contribution >= 4 is 5.82 Å². The molecule has 2 N–H and O–H groups in total. The van der Waals surface area contributed by atoms with Gasteiger partial charge in [0.2, 0.25) is 0 Å². The number of aromatic nitrogens is 2. The molecule has 0 unspecified atom stereocenters. The fraction of sp³-hybridized carbons (Fsp3) is 0.750. The molecule has 1 saturated heterocycles. The van der Waals surface area contributed by atoms with Gasteiger partial charge in [-0.25, -0.2) is 4.68 Å². The van der Waals surface area contributed by atoms with E-state index in [1.165, 1.54) is 5.56 Å². The van der Waals surface area contributed by atoms with Gasteiger partial charge in [0.1, 0.15) is 5.82 Å². The Labute approximate surface area is 102 Å². The molecular formula is C12H21N3O2. The molecule has 0 saturated carbocycles. The second-order valence-corrected chi connectivity index (χ2v) is 4.54. The number of rotatable bonds is 4. The summed E-state index contributed by atoms with van der Waals surface area (Å²) >= 11 is 0. The van der Waals surface area contributed by atoms with Crippen LogP contribution in [0.25, 0.3) is 0 Å². The normalized spacial score (nSPS) is 17.4. The van der Waals surface area contributed by atoms with E-state index in [1.807, 2.05) is 11.6 Å². The van der Waals surface area contributed by atoms with Gasteiger partial charge in [0.25, 0.3) is 0 Å². The molecule has 1 aliphatic heterocycles. The average molecular weight is 239 g/mol. The highest BCUT2D eigenvalue weighted by atomic mass is 16.5. The third-order valence-corrected chi connectivity index (χ3v) is 3.30. The van der Waals surface area contributed by atoms with Gasteiger partial charge in [-0.1, -0.05) is 0 Å². The van der Waals surface area contributed by atoms with E-state index in [4.69, 9.17) is 9.84 Å². The van der Waals surface area contributed by atoms with Gasteiger partial charge in [-0.15, -0.1) is 0 Å². The van der Waals surface area contributed by atoms with Crippen LogP contribution in [0.15, 0.2) is 0 Å². The van der Waals surface area contributed by atoms with Crippen molar-refractivity contribution in [3.8, 4) is 0 Å². The Morgan fingerprint density at radius 1 is 1.41 bits per heavy atom. The quantitative estimate of drug-likeness (QED) is 0.825.